The van der Waals surface area contributed by atoms with E-state index < -0.39 is 0 Å². The summed E-state index contributed by atoms with van der Waals surface area (Å²) >= 11 is 0. The van der Waals surface area contributed by atoms with E-state index in [1.165, 1.54) is 11.1 Å². The SMILES string of the molecule is C=CN=C(CC(=C)C=C)c1cc(C)ccc1C. The number of aryl methyl sites for hydroxylation is 2. The first-order valence-corrected chi connectivity index (χ1v) is 5.64. The molecule has 0 saturated heterocycles. The number of rotatable bonds is 5. The molecule has 0 aliphatic carbocycles. The molecule has 0 aliphatic heterocycles. The Hall–Kier alpha value is -1.89. The molecule has 17 heavy (non-hydrogen) atoms. The van der Waals surface area contributed by atoms with E-state index in [0.29, 0.717) is 6.42 Å². The van der Waals surface area contributed by atoms with Gasteiger partial charge in [0.25, 0.3) is 0 Å². The molecule has 0 bridgehead atoms. The lowest BCUT2D eigenvalue weighted by Gasteiger charge is -2.10. The quantitative estimate of drug-likeness (QED) is 0.521. The minimum atomic E-state index is 0.708. The number of allylic oxidation sites excluding steroid dienone is 2. The fourth-order valence-electron chi connectivity index (χ4n) is 1.65. The molecule has 1 aromatic rings. The molecule has 0 heterocycles. The molecule has 0 aliphatic rings. The highest BCUT2D eigenvalue weighted by atomic mass is 14.7. The van der Waals surface area contributed by atoms with Crippen LogP contribution in [-0.2, 0) is 0 Å². The van der Waals surface area contributed by atoms with Gasteiger partial charge in [0.1, 0.15) is 0 Å². The minimum Gasteiger partial charge on any atom is -0.261 e. The Labute approximate surface area is 104 Å². The van der Waals surface area contributed by atoms with Gasteiger partial charge in [-0.3, -0.25) is 4.99 Å². The van der Waals surface area contributed by atoms with Crippen molar-refractivity contribution in [1.29, 1.82) is 0 Å². The highest BCUT2D eigenvalue weighted by molar-refractivity contribution is 6.03. The fraction of sp³-hybridized carbons (Fsp3) is 0.188. The number of benzene rings is 1. The number of hydrogen-bond donors (Lipinski definition) is 0. The van der Waals surface area contributed by atoms with Crippen LogP contribution in [0.4, 0.5) is 0 Å². The van der Waals surface area contributed by atoms with Gasteiger partial charge in [-0.25, -0.2) is 0 Å². The third-order valence-electron chi connectivity index (χ3n) is 2.63. The van der Waals surface area contributed by atoms with Gasteiger partial charge in [-0.2, -0.15) is 0 Å². The standard InChI is InChI=1S/C16H19N/c1-6-12(3)11-16(17-7-2)15-10-13(4)8-9-14(15)5/h6-10H,1-3,11H2,4-5H3. The number of hydrogen-bond acceptors (Lipinski definition) is 1. The normalized spacial score (nSPS) is 11.1. The van der Waals surface area contributed by atoms with Crippen LogP contribution in [0.25, 0.3) is 0 Å². The van der Waals surface area contributed by atoms with Gasteiger partial charge in [-0.15, -0.1) is 0 Å². The molecule has 1 heteroatoms. The second-order valence-corrected chi connectivity index (χ2v) is 4.12. The lowest BCUT2D eigenvalue weighted by molar-refractivity contribution is 1.29. The van der Waals surface area contributed by atoms with E-state index in [1.807, 2.05) is 0 Å². The summed E-state index contributed by atoms with van der Waals surface area (Å²) in [6.07, 6.45) is 4.05. The van der Waals surface area contributed by atoms with Crippen molar-refractivity contribution in [3.8, 4) is 0 Å². The van der Waals surface area contributed by atoms with E-state index in [4.69, 9.17) is 0 Å². The van der Waals surface area contributed by atoms with Crippen molar-refractivity contribution >= 4 is 5.71 Å². The summed E-state index contributed by atoms with van der Waals surface area (Å²) in [5.41, 5.74) is 5.56. The molecule has 0 radical (unpaired) electrons. The minimum absolute atomic E-state index is 0.708. The van der Waals surface area contributed by atoms with Gasteiger partial charge in [0.15, 0.2) is 0 Å². The molecule has 88 valence electrons. The van der Waals surface area contributed by atoms with Crippen molar-refractivity contribution in [2.45, 2.75) is 20.3 Å². The molecule has 1 nitrogen and oxygen atoms in total. The Kier molecular flexibility index (Phi) is 4.65. The first-order chi connectivity index (χ1) is 8.08. The predicted octanol–water partition coefficient (Wildman–Crippen LogP) is 4.37. The van der Waals surface area contributed by atoms with Gasteiger partial charge in [-0.1, -0.05) is 43.5 Å². The Morgan fingerprint density at radius 3 is 2.59 bits per heavy atom. The van der Waals surface area contributed by atoms with Crippen LogP contribution in [-0.4, -0.2) is 5.71 Å². The molecule has 1 aromatic carbocycles. The van der Waals surface area contributed by atoms with Crippen molar-refractivity contribution in [2.24, 2.45) is 4.99 Å². The van der Waals surface area contributed by atoms with Crippen molar-refractivity contribution in [3.63, 3.8) is 0 Å². The van der Waals surface area contributed by atoms with Crippen LogP contribution >= 0.6 is 0 Å². The summed E-state index contributed by atoms with van der Waals surface area (Å²) in [5.74, 6) is 0. The zero-order valence-corrected chi connectivity index (χ0v) is 10.7. The summed E-state index contributed by atoms with van der Waals surface area (Å²) < 4.78 is 0. The van der Waals surface area contributed by atoms with Crippen LogP contribution in [0.2, 0.25) is 0 Å². The van der Waals surface area contributed by atoms with Gasteiger partial charge in [0.05, 0.1) is 5.71 Å². The third kappa shape index (κ3) is 3.56. The van der Waals surface area contributed by atoms with Crippen molar-refractivity contribution < 1.29 is 0 Å². The lowest BCUT2D eigenvalue weighted by Crippen LogP contribution is -2.04. The third-order valence-corrected chi connectivity index (χ3v) is 2.63. The second-order valence-electron chi connectivity index (χ2n) is 4.12. The predicted molar refractivity (Wildman–Crippen MR) is 76.6 cm³/mol. The average Bonchev–Trinajstić information content (AvgIpc) is 2.31. The molecule has 0 fully saturated rings. The van der Waals surface area contributed by atoms with E-state index in [2.05, 4.69) is 56.8 Å². The van der Waals surface area contributed by atoms with Crippen LogP contribution in [0.5, 0.6) is 0 Å². The van der Waals surface area contributed by atoms with Gasteiger partial charge in [-0.05, 0) is 36.6 Å². The highest BCUT2D eigenvalue weighted by Crippen LogP contribution is 2.16. The maximum absolute atomic E-state index is 4.36. The summed E-state index contributed by atoms with van der Waals surface area (Å²) in [5, 5.41) is 0. The van der Waals surface area contributed by atoms with E-state index in [1.54, 1.807) is 12.3 Å². The van der Waals surface area contributed by atoms with Gasteiger partial charge >= 0.3 is 0 Å². The smallest absolute Gasteiger partial charge is 0.0521 e. The molecule has 0 unspecified atom stereocenters. The molecule has 0 aromatic heterocycles. The van der Waals surface area contributed by atoms with E-state index in [9.17, 15) is 0 Å². The Balaban J connectivity index is 3.18. The first-order valence-electron chi connectivity index (χ1n) is 5.64. The summed E-state index contributed by atoms with van der Waals surface area (Å²) in [7, 11) is 0. The fourth-order valence-corrected chi connectivity index (χ4v) is 1.65. The van der Waals surface area contributed by atoms with Crippen molar-refractivity contribution in [2.75, 3.05) is 0 Å². The van der Waals surface area contributed by atoms with Crippen LogP contribution in [0, 0.1) is 13.8 Å². The monoisotopic (exact) mass is 225 g/mol. The van der Waals surface area contributed by atoms with Crippen LogP contribution in [0.15, 0.2) is 60.8 Å². The topological polar surface area (TPSA) is 12.4 Å². The molecule has 0 N–H and O–H groups in total. The average molecular weight is 225 g/mol. The molecule has 0 amide bonds. The first kappa shape index (κ1) is 13.2. The van der Waals surface area contributed by atoms with Gasteiger partial charge in [0, 0.05) is 12.6 Å². The molecule has 1 rings (SSSR count). The Bertz CT molecular complexity index is 478. The molecule has 0 saturated carbocycles. The summed E-state index contributed by atoms with van der Waals surface area (Å²) in [6, 6.07) is 6.36. The number of aliphatic imine (C=N–C) groups is 1. The number of nitrogens with zero attached hydrogens (tertiary/aromatic N) is 1. The maximum atomic E-state index is 4.36. The van der Waals surface area contributed by atoms with Crippen LogP contribution in [0.1, 0.15) is 23.1 Å². The summed E-state index contributed by atoms with van der Waals surface area (Å²) in [4.78, 5) is 4.36. The van der Waals surface area contributed by atoms with Gasteiger partial charge < -0.3 is 0 Å². The lowest BCUT2D eigenvalue weighted by atomic mass is 9.97. The zero-order valence-electron chi connectivity index (χ0n) is 10.7. The molecule has 0 spiro atoms. The Morgan fingerprint density at radius 1 is 1.29 bits per heavy atom. The van der Waals surface area contributed by atoms with Crippen molar-refractivity contribution in [3.05, 3.63) is 72.5 Å². The summed E-state index contributed by atoms with van der Waals surface area (Å²) in [6.45, 7) is 15.5. The molecular weight excluding hydrogens is 206 g/mol. The van der Waals surface area contributed by atoms with Crippen molar-refractivity contribution in [1.82, 2.24) is 0 Å². The molecule has 0 atom stereocenters. The highest BCUT2D eigenvalue weighted by Gasteiger charge is 2.07. The van der Waals surface area contributed by atoms with Gasteiger partial charge in [0.2, 0.25) is 0 Å². The van der Waals surface area contributed by atoms with E-state index >= 15 is 0 Å². The maximum Gasteiger partial charge on any atom is 0.0521 e. The molecular formula is C16H19N. The van der Waals surface area contributed by atoms with Crippen LogP contribution in [0.3, 0.4) is 0 Å². The largest absolute Gasteiger partial charge is 0.261 e. The Morgan fingerprint density at radius 2 is 2.00 bits per heavy atom. The van der Waals surface area contributed by atoms with E-state index in [-0.39, 0.29) is 0 Å². The zero-order chi connectivity index (χ0) is 12.8. The van der Waals surface area contributed by atoms with E-state index in [0.717, 1.165) is 16.8 Å². The van der Waals surface area contributed by atoms with Crippen LogP contribution < -0.4 is 0 Å². The second kappa shape index (κ2) is 6.00.